The van der Waals surface area contributed by atoms with E-state index in [1.54, 1.807) is 0 Å². The number of aromatic nitrogens is 2. The number of aryl methyl sites for hydroxylation is 1. The zero-order chi connectivity index (χ0) is 17.6. The molecule has 2 aromatic rings. The summed E-state index contributed by atoms with van der Waals surface area (Å²) in [4.78, 5) is 44.2. The van der Waals surface area contributed by atoms with E-state index in [-0.39, 0.29) is 53.1 Å². The number of nitrogens with zero attached hydrogens (tertiary/aromatic N) is 3. The summed E-state index contributed by atoms with van der Waals surface area (Å²) in [6.07, 6.45) is -0.372. The van der Waals surface area contributed by atoms with E-state index in [0.29, 0.717) is 0 Å². The zero-order valence-corrected chi connectivity index (χ0v) is 12.4. The molecule has 1 atom stereocenters. The van der Waals surface area contributed by atoms with Crippen LogP contribution in [0.4, 0.5) is 11.4 Å². The van der Waals surface area contributed by atoms with Crippen LogP contribution >= 0.6 is 0 Å². The third-order valence-electron chi connectivity index (χ3n) is 3.87. The lowest BCUT2D eigenvalue weighted by Crippen LogP contribution is -2.36. The van der Waals surface area contributed by atoms with Gasteiger partial charge >= 0.3 is 0 Å². The maximum Gasteiger partial charge on any atom is 0.264 e. The normalized spacial score (nSPS) is 22.0. The Kier molecular flexibility index (Phi) is 3.15. The van der Waals surface area contributed by atoms with Gasteiger partial charge in [0.15, 0.2) is 11.5 Å². The van der Waals surface area contributed by atoms with Gasteiger partial charge in [0.1, 0.15) is 11.6 Å². The van der Waals surface area contributed by atoms with Crippen molar-refractivity contribution in [3.8, 4) is 0 Å². The maximum absolute atomic E-state index is 12.9. The average molecular weight is 311 g/mol. The van der Waals surface area contributed by atoms with Gasteiger partial charge in [0.05, 0.1) is 31.3 Å². The van der Waals surface area contributed by atoms with E-state index in [1.807, 2.05) is 0 Å². The first-order valence-corrected chi connectivity index (χ1v) is 7.04. The van der Waals surface area contributed by atoms with Gasteiger partial charge in [-0.1, -0.05) is 0 Å². The second-order valence-corrected chi connectivity index (χ2v) is 5.43. The number of carbonyl (C=O) groups excluding carboxylic acids is 2. The number of anilines is 1. The Morgan fingerprint density at radius 2 is 2.17 bits per heavy atom. The van der Waals surface area contributed by atoms with Crippen LogP contribution in [0.15, 0.2) is 16.9 Å². The second kappa shape index (κ2) is 5.32. The second-order valence-electron chi connectivity index (χ2n) is 5.43. The highest BCUT2D eigenvalue weighted by molar-refractivity contribution is 6.03. The van der Waals surface area contributed by atoms with Gasteiger partial charge in [0.25, 0.3) is 5.56 Å². The monoisotopic (exact) mass is 311 g/mol. The lowest BCUT2D eigenvalue weighted by Gasteiger charge is -2.24. The van der Waals surface area contributed by atoms with Gasteiger partial charge in [-0.15, -0.1) is 0 Å². The van der Waals surface area contributed by atoms with Crippen LogP contribution in [0.3, 0.4) is 0 Å². The van der Waals surface area contributed by atoms with Crippen molar-refractivity contribution >= 4 is 33.8 Å². The SMILES string of the molecule is [2H][C@@]1(n2c(C)nc3cc([N+]#[C-])cc(N)c3c2=O)CCC(=O)CC1=O. The highest BCUT2D eigenvalue weighted by Crippen LogP contribution is 2.27. The van der Waals surface area contributed by atoms with Crippen molar-refractivity contribution in [2.75, 3.05) is 5.73 Å². The van der Waals surface area contributed by atoms with Gasteiger partial charge in [-0.05, 0) is 25.5 Å². The number of hydrogen-bond donors (Lipinski definition) is 1. The Hall–Kier alpha value is -3.01. The molecule has 0 radical (unpaired) electrons. The lowest BCUT2D eigenvalue weighted by atomic mass is 9.92. The Bertz CT molecular complexity index is 1010. The van der Waals surface area contributed by atoms with Crippen LogP contribution in [0.2, 0.25) is 0 Å². The predicted molar refractivity (Wildman–Crippen MR) is 84.3 cm³/mol. The molecule has 1 aliphatic rings. The van der Waals surface area contributed by atoms with Crippen LogP contribution in [0.25, 0.3) is 15.7 Å². The van der Waals surface area contributed by atoms with Crippen molar-refractivity contribution in [1.29, 1.82) is 0 Å². The number of hydrogen-bond acceptors (Lipinski definition) is 5. The fourth-order valence-corrected chi connectivity index (χ4v) is 2.82. The molecule has 7 heteroatoms. The van der Waals surface area contributed by atoms with E-state index in [2.05, 4.69) is 9.83 Å². The Balaban J connectivity index is 2.33. The predicted octanol–water partition coefficient (Wildman–Crippen LogP) is 1.70. The Labute approximate surface area is 133 Å². The Morgan fingerprint density at radius 1 is 1.43 bits per heavy atom. The summed E-state index contributed by atoms with van der Waals surface area (Å²) in [6.45, 7) is 8.57. The highest BCUT2D eigenvalue weighted by atomic mass is 16.2. The van der Waals surface area contributed by atoms with Gasteiger partial charge in [0.2, 0.25) is 0 Å². The molecule has 7 nitrogen and oxygen atoms in total. The van der Waals surface area contributed by atoms with Crippen molar-refractivity contribution in [1.82, 2.24) is 9.55 Å². The third kappa shape index (κ3) is 2.38. The molecular weight excluding hydrogens is 296 g/mol. The van der Waals surface area contributed by atoms with Crippen molar-refractivity contribution in [2.24, 2.45) is 0 Å². The average Bonchev–Trinajstić information content (AvgIpc) is 2.50. The van der Waals surface area contributed by atoms with E-state index in [1.165, 1.54) is 19.1 Å². The van der Waals surface area contributed by atoms with Crippen molar-refractivity contribution in [3.05, 3.63) is 39.7 Å². The molecule has 3 rings (SSSR count). The molecule has 2 N–H and O–H groups in total. The van der Waals surface area contributed by atoms with Crippen molar-refractivity contribution in [3.63, 3.8) is 0 Å². The summed E-state index contributed by atoms with van der Waals surface area (Å²) in [7, 11) is 0. The molecule has 0 bridgehead atoms. The summed E-state index contributed by atoms with van der Waals surface area (Å²) in [6, 6.07) is 0.947. The van der Waals surface area contributed by atoms with E-state index in [4.69, 9.17) is 13.7 Å². The van der Waals surface area contributed by atoms with Gasteiger partial charge in [-0.25, -0.2) is 9.83 Å². The molecule has 1 fully saturated rings. The van der Waals surface area contributed by atoms with E-state index in [0.717, 1.165) is 4.57 Å². The standard InChI is InChI=1S/C16H14N4O3/c1-8-19-12-6-9(18-2)5-11(17)15(12)16(23)20(8)13-4-3-10(21)7-14(13)22/h5-6,13H,3-4,7,17H2,1H3/t13-/m1/s1/i13D. The van der Waals surface area contributed by atoms with Crippen LogP contribution in [-0.4, -0.2) is 21.1 Å². The summed E-state index contributed by atoms with van der Waals surface area (Å²) in [5.41, 5.74) is 5.86. The van der Waals surface area contributed by atoms with Crippen molar-refractivity contribution < 1.29 is 11.0 Å². The fourth-order valence-electron chi connectivity index (χ4n) is 2.82. The topological polar surface area (TPSA) is 99.4 Å². The minimum Gasteiger partial charge on any atom is -0.399 e. The third-order valence-corrected chi connectivity index (χ3v) is 3.87. The first-order chi connectivity index (χ1) is 11.3. The largest absolute Gasteiger partial charge is 0.399 e. The van der Waals surface area contributed by atoms with Gasteiger partial charge < -0.3 is 5.73 Å². The van der Waals surface area contributed by atoms with Gasteiger partial charge in [0, 0.05) is 12.1 Å². The van der Waals surface area contributed by atoms with Crippen LogP contribution in [0.5, 0.6) is 0 Å². The highest BCUT2D eigenvalue weighted by Gasteiger charge is 2.30. The molecule has 0 amide bonds. The van der Waals surface area contributed by atoms with E-state index in [9.17, 15) is 14.4 Å². The first-order valence-electron chi connectivity index (χ1n) is 7.54. The van der Waals surface area contributed by atoms with Crippen LogP contribution in [-0.2, 0) is 9.59 Å². The van der Waals surface area contributed by atoms with E-state index >= 15 is 0 Å². The molecule has 0 unspecified atom stereocenters. The number of ketones is 2. The number of nitrogen functional groups attached to an aromatic ring is 1. The molecule has 1 aromatic heterocycles. The summed E-state index contributed by atoms with van der Waals surface area (Å²) in [5, 5.41) is 0.0734. The summed E-state index contributed by atoms with van der Waals surface area (Å²) < 4.78 is 9.51. The molecule has 1 aromatic carbocycles. The van der Waals surface area contributed by atoms with E-state index < -0.39 is 17.4 Å². The quantitative estimate of drug-likeness (QED) is 0.491. The number of rotatable bonds is 1. The number of benzene rings is 1. The van der Waals surface area contributed by atoms with Crippen LogP contribution in [0.1, 0.15) is 32.5 Å². The maximum atomic E-state index is 12.9. The number of carbonyl (C=O) groups is 2. The van der Waals surface area contributed by atoms with Gasteiger partial charge in [-0.2, -0.15) is 0 Å². The number of fused-ring (bicyclic) bond motifs is 1. The number of Topliss-reactive ketones (excluding diaryl/α,β-unsaturated/α-hetero) is 2. The molecular formula is C16H14N4O3. The zero-order valence-electron chi connectivity index (χ0n) is 13.4. The first kappa shape index (κ1) is 13.6. The molecule has 0 spiro atoms. The minimum absolute atomic E-state index is 0.0608. The smallest absolute Gasteiger partial charge is 0.264 e. The molecule has 1 saturated carbocycles. The van der Waals surface area contributed by atoms with Gasteiger partial charge in [-0.3, -0.25) is 19.0 Å². The molecule has 23 heavy (non-hydrogen) atoms. The van der Waals surface area contributed by atoms with Crippen molar-refractivity contribution in [2.45, 2.75) is 32.2 Å². The fraction of sp³-hybridized carbons (Fsp3) is 0.312. The minimum atomic E-state index is -1.86. The Morgan fingerprint density at radius 3 is 2.83 bits per heavy atom. The lowest BCUT2D eigenvalue weighted by molar-refractivity contribution is -0.132. The number of nitrogens with two attached hydrogens (primary N) is 1. The molecule has 116 valence electrons. The van der Waals surface area contributed by atoms with Crippen LogP contribution in [0, 0.1) is 13.5 Å². The molecule has 0 saturated heterocycles. The molecule has 1 aliphatic carbocycles. The summed E-state index contributed by atoms with van der Waals surface area (Å²) >= 11 is 0. The summed E-state index contributed by atoms with van der Waals surface area (Å²) in [5.74, 6) is -0.684. The molecule has 0 aliphatic heterocycles. The van der Waals surface area contributed by atoms with Crippen LogP contribution < -0.4 is 11.3 Å². The molecule has 1 heterocycles.